The molecule has 0 saturated heterocycles. The van der Waals surface area contributed by atoms with E-state index < -0.39 is 11.9 Å². The number of hydrogen-bond donors (Lipinski definition) is 1. The molecule has 0 radical (unpaired) electrons. The number of hydrogen-bond acceptors (Lipinski definition) is 2. The minimum atomic E-state index is -4.13. The molecule has 62 valence electrons. The van der Waals surface area contributed by atoms with E-state index in [0.717, 1.165) is 0 Å². The van der Waals surface area contributed by atoms with E-state index in [2.05, 4.69) is 9.97 Å². The molecule has 0 unspecified atom stereocenters. The van der Waals surface area contributed by atoms with Gasteiger partial charge in [0.1, 0.15) is 0 Å². The Morgan fingerprint density at radius 1 is 1.55 bits per heavy atom. The van der Waals surface area contributed by atoms with Gasteiger partial charge in [0.15, 0.2) is 5.16 Å². The third-order valence-electron chi connectivity index (χ3n) is 0.846. The molecule has 0 amide bonds. The van der Waals surface area contributed by atoms with E-state index >= 15 is 0 Å². The molecule has 6 heteroatoms. The number of rotatable bonds is 2. The van der Waals surface area contributed by atoms with Crippen molar-refractivity contribution in [1.82, 2.24) is 9.97 Å². The molecular weight excluding hydrogens is 177 g/mol. The molecular formula is C5H5F3N2S. The van der Waals surface area contributed by atoms with Gasteiger partial charge in [-0.15, -0.1) is 0 Å². The Morgan fingerprint density at radius 3 is 2.73 bits per heavy atom. The fourth-order valence-electron chi connectivity index (χ4n) is 0.480. The molecule has 0 spiro atoms. The van der Waals surface area contributed by atoms with Crippen molar-refractivity contribution in [2.75, 3.05) is 5.75 Å². The van der Waals surface area contributed by atoms with Crippen molar-refractivity contribution >= 4 is 11.8 Å². The highest BCUT2D eigenvalue weighted by atomic mass is 32.2. The quantitative estimate of drug-likeness (QED) is 0.709. The maximum absolute atomic E-state index is 11.6. The second kappa shape index (κ2) is 3.17. The number of H-pyrrole nitrogens is 1. The fraction of sp³-hybridized carbons (Fsp3) is 0.400. The summed E-state index contributed by atoms with van der Waals surface area (Å²) in [5, 5.41) is 0.294. The third kappa shape index (κ3) is 3.31. The lowest BCUT2D eigenvalue weighted by atomic mass is 10.8. The summed E-state index contributed by atoms with van der Waals surface area (Å²) in [5.41, 5.74) is 0. The molecule has 1 aromatic rings. The van der Waals surface area contributed by atoms with Gasteiger partial charge >= 0.3 is 6.18 Å². The molecule has 0 fully saturated rings. The molecule has 0 saturated carbocycles. The third-order valence-corrected chi connectivity index (χ3v) is 1.81. The van der Waals surface area contributed by atoms with Crippen molar-refractivity contribution in [1.29, 1.82) is 0 Å². The number of aromatic amines is 1. The van der Waals surface area contributed by atoms with Crippen LogP contribution in [-0.4, -0.2) is 21.9 Å². The number of nitrogens with zero attached hydrogens (tertiary/aromatic N) is 1. The van der Waals surface area contributed by atoms with Crippen molar-refractivity contribution in [3.63, 3.8) is 0 Å². The predicted molar refractivity (Wildman–Crippen MR) is 35.4 cm³/mol. The molecule has 0 aliphatic heterocycles. The molecule has 0 aliphatic rings. The van der Waals surface area contributed by atoms with E-state index in [1.165, 1.54) is 12.4 Å². The number of imidazole rings is 1. The first-order valence-electron chi connectivity index (χ1n) is 2.77. The van der Waals surface area contributed by atoms with Crippen molar-refractivity contribution in [3.05, 3.63) is 12.4 Å². The lowest BCUT2D eigenvalue weighted by molar-refractivity contribution is -0.105. The maximum atomic E-state index is 11.6. The summed E-state index contributed by atoms with van der Waals surface area (Å²) in [7, 11) is 0. The van der Waals surface area contributed by atoms with Gasteiger partial charge in [-0.2, -0.15) is 13.2 Å². The van der Waals surface area contributed by atoms with Crippen LogP contribution in [0.5, 0.6) is 0 Å². The number of thioether (sulfide) groups is 1. The van der Waals surface area contributed by atoms with Gasteiger partial charge in [-0.3, -0.25) is 0 Å². The van der Waals surface area contributed by atoms with E-state index in [4.69, 9.17) is 0 Å². The van der Waals surface area contributed by atoms with Crippen molar-refractivity contribution in [2.24, 2.45) is 0 Å². The van der Waals surface area contributed by atoms with E-state index in [0.29, 0.717) is 16.9 Å². The van der Waals surface area contributed by atoms with Gasteiger partial charge in [0.05, 0.1) is 5.75 Å². The molecule has 0 aromatic carbocycles. The Kier molecular flexibility index (Phi) is 2.43. The summed E-state index contributed by atoms with van der Waals surface area (Å²) in [6.45, 7) is 0. The first-order chi connectivity index (χ1) is 5.08. The second-order valence-corrected chi connectivity index (χ2v) is 2.76. The summed E-state index contributed by atoms with van der Waals surface area (Å²) in [6.07, 6.45) is -1.23. The lowest BCUT2D eigenvalue weighted by Crippen LogP contribution is -2.10. The summed E-state index contributed by atoms with van der Waals surface area (Å²) in [5.74, 6) is -0.902. The zero-order valence-electron chi connectivity index (χ0n) is 5.35. The van der Waals surface area contributed by atoms with Crippen LogP contribution >= 0.6 is 11.8 Å². The second-order valence-electron chi connectivity index (χ2n) is 1.80. The van der Waals surface area contributed by atoms with Crippen LogP contribution in [0, 0.1) is 0 Å². The normalized spacial score (nSPS) is 11.9. The van der Waals surface area contributed by atoms with Crippen LogP contribution in [0.15, 0.2) is 17.6 Å². The van der Waals surface area contributed by atoms with Gasteiger partial charge in [0.25, 0.3) is 0 Å². The van der Waals surface area contributed by atoms with Gasteiger partial charge in [0, 0.05) is 12.4 Å². The van der Waals surface area contributed by atoms with Crippen LogP contribution in [-0.2, 0) is 0 Å². The molecule has 0 aliphatic carbocycles. The number of halogens is 3. The smallest absolute Gasteiger partial charge is 0.340 e. The Hall–Kier alpha value is -0.650. The highest BCUT2D eigenvalue weighted by Gasteiger charge is 2.27. The van der Waals surface area contributed by atoms with Gasteiger partial charge in [-0.25, -0.2) is 4.98 Å². The van der Waals surface area contributed by atoms with Crippen LogP contribution in [0.4, 0.5) is 13.2 Å². The largest absolute Gasteiger partial charge is 0.398 e. The van der Waals surface area contributed by atoms with Crippen LogP contribution in [0.25, 0.3) is 0 Å². The number of nitrogens with one attached hydrogen (secondary N) is 1. The van der Waals surface area contributed by atoms with Gasteiger partial charge in [0.2, 0.25) is 0 Å². The summed E-state index contributed by atoms with van der Waals surface area (Å²) in [6, 6.07) is 0. The van der Waals surface area contributed by atoms with Crippen LogP contribution in [0.3, 0.4) is 0 Å². The van der Waals surface area contributed by atoms with Gasteiger partial charge < -0.3 is 4.98 Å². The minimum absolute atomic E-state index is 0.294. The molecule has 2 nitrogen and oxygen atoms in total. The Morgan fingerprint density at radius 2 is 2.27 bits per heavy atom. The number of aromatic nitrogens is 2. The van der Waals surface area contributed by atoms with Crippen LogP contribution < -0.4 is 0 Å². The Labute approximate surface area is 65.2 Å². The molecule has 1 aromatic heterocycles. The average molecular weight is 182 g/mol. The lowest BCUT2D eigenvalue weighted by Gasteiger charge is -2.02. The van der Waals surface area contributed by atoms with Crippen molar-refractivity contribution < 1.29 is 13.2 Å². The summed E-state index contributed by atoms with van der Waals surface area (Å²) >= 11 is 0.642. The van der Waals surface area contributed by atoms with Gasteiger partial charge in [-0.1, -0.05) is 11.8 Å². The Bertz CT molecular complexity index is 206. The zero-order chi connectivity index (χ0) is 8.32. The van der Waals surface area contributed by atoms with E-state index in [9.17, 15) is 13.2 Å². The van der Waals surface area contributed by atoms with E-state index in [1.807, 2.05) is 0 Å². The van der Waals surface area contributed by atoms with Gasteiger partial charge in [-0.05, 0) is 0 Å². The van der Waals surface area contributed by atoms with E-state index in [1.54, 1.807) is 0 Å². The molecule has 0 bridgehead atoms. The first kappa shape index (κ1) is 8.45. The average Bonchev–Trinajstić information content (AvgIpc) is 2.32. The van der Waals surface area contributed by atoms with E-state index in [-0.39, 0.29) is 0 Å². The maximum Gasteiger partial charge on any atom is 0.398 e. The highest BCUT2D eigenvalue weighted by molar-refractivity contribution is 7.99. The monoisotopic (exact) mass is 182 g/mol. The topological polar surface area (TPSA) is 28.7 Å². The number of alkyl halides is 3. The SMILES string of the molecule is FC(F)(F)CSc1ncc[nH]1. The van der Waals surface area contributed by atoms with Crippen molar-refractivity contribution in [3.8, 4) is 0 Å². The molecule has 0 atom stereocenters. The summed E-state index contributed by atoms with van der Waals surface area (Å²) in [4.78, 5) is 6.19. The summed E-state index contributed by atoms with van der Waals surface area (Å²) < 4.78 is 34.8. The zero-order valence-corrected chi connectivity index (χ0v) is 6.17. The standard InChI is InChI=1S/C5H5F3N2S/c6-5(7,8)3-11-4-9-1-2-10-4/h1-2H,3H2,(H,9,10). The molecule has 11 heavy (non-hydrogen) atoms. The molecule has 1 heterocycles. The molecule has 1 N–H and O–H groups in total. The Balaban J connectivity index is 2.35. The highest BCUT2D eigenvalue weighted by Crippen LogP contribution is 2.24. The van der Waals surface area contributed by atoms with Crippen LogP contribution in [0.2, 0.25) is 0 Å². The van der Waals surface area contributed by atoms with Crippen molar-refractivity contribution in [2.45, 2.75) is 11.3 Å². The minimum Gasteiger partial charge on any atom is -0.340 e. The van der Waals surface area contributed by atoms with Crippen LogP contribution in [0.1, 0.15) is 0 Å². The predicted octanol–water partition coefficient (Wildman–Crippen LogP) is 2.06. The molecule has 1 rings (SSSR count). The first-order valence-corrected chi connectivity index (χ1v) is 3.75. The fourth-order valence-corrected chi connectivity index (χ4v) is 1.07.